The maximum atomic E-state index is 13.2. The van der Waals surface area contributed by atoms with Crippen LogP contribution in [0.2, 0.25) is 0 Å². The number of amides is 2. The first kappa shape index (κ1) is 18.3. The van der Waals surface area contributed by atoms with E-state index in [0.29, 0.717) is 31.1 Å². The highest BCUT2D eigenvalue weighted by Crippen LogP contribution is 2.42. The first-order chi connectivity index (χ1) is 14.1. The molecule has 1 aliphatic carbocycles. The van der Waals surface area contributed by atoms with E-state index in [4.69, 9.17) is 0 Å². The van der Waals surface area contributed by atoms with E-state index in [1.54, 1.807) is 11.0 Å². The quantitative estimate of drug-likeness (QED) is 0.769. The monoisotopic (exact) mass is 394 g/mol. The summed E-state index contributed by atoms with van der Waals surface area (Å²) in [7, 11) is 0. The third-order valence-corrected chi connectivity index (χ3v) is 6.58. The lowest BCUT2D eigenvalue weighted by Gasteiger charge is -2.39. The van der Waals surface area contributed by atoms with Crippen LogP contribution in [-0.2, 0) is 11.3 Å². The molecule has 29 heavy (non-hydrogen) atoms. The smallest absolute Gasteiger partial charge is 0.253 e. The lowest BCUT2D eigenvalue weighted by atomic mass is 9.78. The zero-order valence-corrected chi connectivity index (χ0v) is 16.5. The van der Waals surface area contributed by atoms with Crippen LogP contribution in [0.25, 0.3) is 0 Å². The molecule has 1 atom stereocenters. The van der Waals surface area contributed by atoms with Gasteiger partial charge in [0.25, 0.3) is 5.91 Å². The number of piperidine rings is 1. The Morgan fingerprint density at radius 2 is 1.97 bits per heavy atom. The van der Waals surface area contributed by atoms with Crippen molar-refractivity contribution in [3.63, 3.8) is 0 Å². The van der Waals surface area contributed by atoms with Gasteiger partial charge in [-0.15, -0.1) is 5.10 Å². The van der Waals surface area contributed by atoms with Crippen LogP contribution in [0, 0.1) is 11.3 Å². The average molecular weight is 394 g/mol. The zero-order chi connectivity index (χ0) is 19.8. The van der Waals surface area contributed by atoms with Crippen molar-refractivity contribution in [3.05, 3.63) is 41.7 Å². The van der Waals surface area contributed by atoms with Gasteiger partial charge in [0.1, 0.15) is 6.33 Å². The molecule has 2 aromatic rings. The number of likely N-dealkylation sites (tertiary alicyclic amines) is 2. The molecule has 3 aliphatic rings. The number of benzene rings is 1. The van der Waals surface area contributed by atoms with Crippen molar-refractivity contribution in [1.82, 2.24) is 30.0 Å². The van der Waals surface area contributed by atoms with Gasteiger partial charge < -0.3 is 9.80 Å². The molecule has 8 heteroatoms. The Hall–Kier alpha value is -2.77. The second-order valence-corrected chi connectivity index (χ2v) is 8.76. The van der Waals surface area contributed by atoms with Gasteiger partial charge in [-0.3, -0.25) is 9.59 Å². The number of tetrazole rings is 1. The van der Waals surface area contributed by atoms with E-state index in [1.807, 2.05) is 29.2 Å². The van der Waals surface area contributed by atoms with Crippen LogP contribution in [-0.4, -0.2) is 68.0 Å². The summed E-state index contributed by atoms with van der Waals surface area (Å²) in [5, 5.41) is 11.1. The van der Waals surface area contributed by atoms with Crippen molar-refractivity contribution in [2.45, 2.75) is 38.6 Å². The number of rotatable bonds is 5. The molecule has 3 heterocycles. The van der Waals surface area contributed by atoms with Gasteiger partial charge in [-0.25, -0.2) is 4.68 Å². The fourth-order valence-corrected chi connectivity index (χ4v) is 4.74. The second-order valence-electron chi connectivity index (χ2n) is 8.76. The predicted octanol–water partition coefficient (Wildman–Crippen LogP) is 1.59. The van der Waals surface area contributed by atoms with Gasteiger partial charge in [-0.05, 0) is 66.1 Å². The molecule has 2 amide bonds. The maximum absolute atomic E-state index is 13.2. The molecular formula is C21H26N6O2. The zero-order valence-electron chi connectivity index (χ0n) is 16.5. The van der Waals surface area contributed by atoms with E-state index in [2.05, 4.69) is 20.4 Å². The normalized spacial score (nSPS) is 24.5. The van der Waals surface area contributed by atoms with Crippen LogP contribution in [0.3, 0.4) is 0 Å². The highest BCUT2D eigenvalue weighted by Gasteiger charge is 2.49. The lowest BCUT2D eigenvalue weighted by molar-refractivity contribution is -0.145. The van der Waals surface area contributed by atoms with Gasteiger partial charge in [0, 0.05) is 31.7 Å². The number of hydrogen-bond acceptors (Lipinski definition) is 5. The Morgan fingerprint density at radius 1 is 1.14 bits per heavy atom. The number of carbonyl (C=O) groups excluding carboxylic acids is 2. The number of nitrogens with zero attached hydrogens (tertiary/aromatic N) is 6. The molecule has 1 aromatic carbocycles. The Kier molecular flexibility index (Phi) is 4.56. The summed E-state index contributed by atoms with van der Waals surface area (Å²) in [6.45, 7) is 3.58. The Balaban J connectivity index is 1.24. The van der Waals surface area contributed by atoms with E-state index < -0.39 is 0 Å². The van der Waals surface area contributed by atoms with Gasteiger partial charge in [-0.1, -0.05) is 12.1 Å². The van der Waals surface area contributed by atoms with Gasteiger partial charge in [-0.2, -0.15) is 0 Å². The highest BCUT2D eigenvalue weighted by atomic mass is 16.2. The number of aromatic nitrogens is 4. The minimum Gasteiger partial charge on any atom is -0.342 e. The van der Waals surface area contributed by atoms with Crippen LogP contribution in [0.1, 0.15) is 48.0 Å². The summed E-state index contributed by atoms with van der Waals surface area (Å²) in [5.41, 5.74) is 1.34. The standard InChI is InChI=1S/C21H26N6O2/c28-19(18-6-4-17(5-7-18)13-27-15-22-23-24-27)26-11-9-21(14-26)8-1-10-25(20(21)29)12-16-2-3-16/h4-7,15-16H,1-3,8-14H2/t21-/m1/s1. The van der Waals surface area contributed by atoms with E-state index in [0.717, 1.165) is 37.9 Å². The average Bonchev–Trinajstić information content (AvgIpc) is 3.22. The van der Waals surface area contributed by atoms with Gasteiger partial charge in [0.2, 0.25) is 5.91 Å². The molecule has 5 rings (SSSR count). The fraction of sp³-hybridized carbons (Fsp3) is 0.571. The molecule has 1 saturated carbocycles. The fourth-order valence-electron chi connectivity index (χ4n) is 4.74. The van der Waals surface area contributed by atoms with Crippen molar-refractivity contribution in [3.8, 4) is 0 Å². The van der Waals surface area contributed by atoms with E-state index in [-0.39, 0.29) is 17.2 Å². The molecule has 0 unspecified atom stereocenters. The number of carbonyl (C=O) groups is 2. The van der Waals surface area contributed by atoms with Crippen LogP contribution >= 0.6 is 0 Å². The number of hydrogen-bond donors (Lipinski definition) is 0. The van der Waals surface area contributed by atoms with Crippen molar-refractivity contribution in [1.29, 1.82) is 0 Å². The summed E-state index contributed by atoms with van der Waals surface area (Å²) >= 11 is 0. The second kappa shape index (κ2) is 7.24. The molecule has 2 saturated heterocycles. The largest absolute Gasteiger partial charge is 0.342 e. The molecule has 152 valence electrons. The molecule has 8 nitrogen and oxygen atoms in total. The van der Waals surface area contributed by atoms with Gasteiger partial charge >= 0.3 is 0 Å². The van der Waals surface area contributed by atoms with Gasteiger partial charge in [0.05, 0.1) is 12.0 Å². The summed E-state index contributed by atoms with van der Waals surface area (Å²) in [5.74, 6) is 1.01. The topological polar surface area (TPSA) is 84.2 Å². The van der Waals surface area contributed by atoms with E-state index in [9.17, 15) is 9.59 Å². The van der Waals surface area contributed by atoms with Crippen molar-refractivity contribution in [2.75, 3.05) is 26.2 Å². The molecule has 0 N–H and O–H groups in total. The van der Waals surface area contributed by atoms with Crippen LogP contribution in [0.15, 0.2) is 30.6 Å². The third-order valence-electron chi connectivity index (χ3n) is 6.58. The molecule has 1 spiro atoms. The van der Waals surface area contributed by atoms with E-state index in [1.165, 1.54) is 12.8 Å². The first-order valence-electron chi connectivity index (χ1n) is 10.5. The van der Waals surface area contributed by atoms with E-state index >= 15 is 0 Å². The van der Waals surface area contributed by atoms with Crippen molar-refractivity contribution < 1.29 is 9.59 Å². The summed E-state index contributed by atoms with van der Waals surface area (Å²) in [6, 6.07) is 7.58. The minimum atomic E-state index is -0.358. The van der Waals surface area contributed by atoms with Crippen LogP contribution in [0.4, 0.5) is 0 Å². The third kappa shape index (κ3) is 3.63. The summed E-state index contributed by atoms with van der Waals surface area (Å²) in [6.07, 6.45) is 6.82. The Labute approximate surface area is 169 Å². The summed E-state index contributed by atoms with van der Waals surface area (Å²) in [4.78, 5) is 30.2. The lowest BCUT2D eigenvalue weighted by Crippen LogP contribution is -2.50. The van der Waals surface area contributed by atoms with Crippen molar-refractivity contribution >= 4 is 11.8 Å². The van der Waals surface area contributed by atoms with Crippen molar-refractivity contribution in [2.24, 2.45) is 11.3 Å². The molecule has 0 radical (unpaired) electrons. The molecule has 2 aliphatic heterocycles. The highest BCUT2D eigenvalue weighted by molar-refractivity contribution is 5.95. The summed E-state index contributed by atoms with van der Waals surface area (Å²) < 4.78 is 1.64. The molecular weight excluding hydrogens is 368 g/mol. The minimum absolute atomic E-state index is 0.0166. The molecule has 3 fully saturated rings. The first-order valence-corrected chi connectivity index (χ1v) is 10.5. The Bertz CT molecular complexity index is 892. The predicted molar refractivity (Wildman–Crippen MR) is 105 cm³/mol. The van der Waals surface area contributed by atoms with Gasteiger partial charge in [0.15, 0.2) is 0 Å². The maximum Gasteiger partial charge on any atom is 0.253 e. The van der Waals surface area contributed by atoms with Crippen LogP contribution in [0.5, 0.6) is 0 Å². The van der Waals surface area contributed by atoms with Crippen LogP contribution < -0.4 is 0 Å². The Morgan fingerprint density at radius 3 is 2.69 bits per heavy atom. The SMILES string of the molecule is O=C(c1ccc(Cn2cnnn2)cc1)N1CC[C@]2(CCCN(CC3CC3)C2=O)C1. The molecule has 0 bridgehead atoms. The molecule has 1 aromatic heterocycles.